The number of nitrogens with zero attached hydrogens (tertiary/aromatic N) is 2. The quantitative estimate of drug-likeness (QED) is 0.143. The number of rotatable bonds is 8. The molecule has 0 N–H and O–H groups in total. The van der Waals surface area contributed by atoms with E-state index >= 15 is 0 Å². The summed E-state index contributed by atoms with van der Waals surface area (Å²) in [5.41, 5.74) is -0.684. The van der Waals surface area contributed by atoms with Gasteiger partial charge in [-0.1, -0.05) is 75.4 Å². The van der Waals surface area contributed by atoms with Gasteiger partial charge >= 0.3 is 5.97 Å². The van der Waals surface area contributed by atoms with Crippen LogP contribution < -0.4 is 4.74 Å². The Kier molecular flexibility index (Phi) is 8.35. The zero-order valence-corrected chi connectivity index (χ0v) is 26.2. The fourth-order valence-corrected chi connectivity index (χ4v) is 6.73. The van der Waals surface area contributed by atoms with E-state index in [1.165, 1.54) is 4.90 Å². The highest BCUT2D eigenvalue weighted by atomic mass is 35.5. The van der Waals surface area contributed by atoms with Crippen molar-refractivity contribution in [3.05, 3.63) is 58.4 Å². The van der Waals surface area contributed by atoms with Gasteiger partial charge < -0.3 is 19.1 Å². The van der Waals surface area contributed by atoms with E-state index in [1.54, 1.807) is 57.2 Å². The summed E-state index contributed by atoms with van der Waals surface area (Å²) < 4.78 is 35.3. The van der Waals surface area contributed by atoms with Crippen molar-refractivity contribution in [2.75, 3.05) is 19.7 Å². The number of carbonyl (C=O) groups is 2. The number of allylic oxidation sites excluding steroid dienone is 2. The number of carbonyl (C=O) groups excluding carboxylic acids is 2. The number of hydrogen-bond donors (Lipinski definition) is 0. The van der Waals surface area contributed by atoms with Gasteiger partial charge in [-0.05, 0) is 39.3 Å². The van der Waals surface area contributed by atoms with Gasteiger partial charge in [-0.25, -0.2) is 9.64 Å². The first-order valence-electron chi connectivity index (χ1n) is 15.3. The maximum atomic E-state index is 13.8. The van der Waals surface area contributed by atoms with Gasteiger partial charge in [-0.15, -0.1) is 0 Å². The maximum Gasteiger partial charge on any atom is 0.332 e. The lowest BCUT2D eigenvalue weighted by Crippen LogP contribution is -2.75. The summed E-state index contributed by atoms with van der Waals surface area (Å²) in [6.07, 6.45) is 6.19. The molecule has 1 heterocycles. The molecule has 2 unspecified atom stereocenters. The largest absolute Gasteiger partial charge is 0.489 e. The second-order valence-electron chi connectivity index (χ2n) is 13.2. The van der Waals surface area contributed by atoms with Crippen molar-refractivity contribution in [1.82, 2.24) is 4.90 Å². The third kappa shape index (κ3) is 6.69. The van der Waals surface area contributed by atoms with E-state index in [4.69, 9.17) is 35.1 Å². The first-order valence-corrected chi connectivity index (χ1v) is 14.6. The van der Waals surface area contributed by atoms with Crippen molar-refractivity contribution in [1.29, 1.82) is 0 Å². The van der Waals surface area contributed by atoms with Crippen LogP contribution in [0.15, 0.2) is 42.0 Å². The summed E-state index contributed by atoms with van der Waals surface area (Å²) in [6, 6.07) is 4.53. The lowest BCUT2D eigenvalue weighted by molar-refractivity contribution is -0.208. The maximum absolute atomic E-state index is 13.8. The van der Waals surface area contributed by atoms with Crippen LogP contribution in [-0.2, 0) is 19.1 Å². The van der Waals surface area contributed by atoms with Crippen molar-refractivity contribution in [3.63, 3.8) is 0 Å². The van der Waals surface area contributed by atoms with Crippen LogP contribution in [0.5, 0.6) is 5.75 Å². The number of benzene rings is 1. The van der Waals surface area contributed by atoms with E-state index in [0.717, 1.165) is 0 Å². The molecule has 42 heavy (non-hydrogen) atoms. The summed E-state index contributed by atoms with van der Waals surface area (Å²) in [5, 5.41) is 0.308. The number of fused-ring (bicyclic) bond motifs is 1. The van der Waals surface area contributed by atoms with Crippen LogP contribution in [-0.4, -0.2) is 54.2 Å². The molecule has 1 aromatic carbocycles. The van der Waals surface area contributed by atoms with Gasteiger partial charge in [0.05, 0.1) is 20.3 Å². The molecule has 1 aliphatic heterocycles. The van der Waals surface area contributed by atoms with Gasteiger partial charge in [0, 0.05) is 47.9 Å². The summed E-state index contributed by atoms with van der Waals surface area (Å²) in [5.74, 6) is 4.80. The standard InChI is InChI=1S/C34H41ClN2O5/c1-32(2,3)42-28(38)21-40-17-11-9-10-12-22-13-15-25-23(18-22)20-37(29(25)39)30-33(4,5)31(34(30,6)7)41-24-14-16-27(36-8)26(35)19-24/h13-16,18-19,23,25,30-31H,9,11,17,20-21H2,1-7H3/i20D2. The number of ether oxygens (including phenoxy) is 3. The minimum Gasteiger partial charge on any atom is -0.489 e. The van der Waals surface area contributed by atoms with E-state index < -0.39 is 46.8 Å². The van der Waals surface area contributed by atoms with Crippen LogP contribution in [0.25, 0.3) is 4.85 Å². The molecule has 8 heteroatoms. The third-order valence-electron chi connectivity index (χ3n) is 7.82. The number of halogens is 1. The van der Waals surface area contributed by atoms with Crippen LogP contribution in [0.4, 0.5) is 5.69 Å². The molecule has 2 fully saturated rings. The molecule has 0 spiro atoms. The third-order valence-corrected chi connectivity index (χ3v) is 8.12. The van der Waals surface area contributed by atoms with Gasteiger partial charge in [-0.2, -0.15) is 0 Å². The second-order valence-corrected chi connectivity index (χ2v) is 13.6. The van der Waals surface area contributed by atoms with Crippen molar-refractivity contribution < 1.29 is 26.5 Å². The Morgan fingerprint density at radius 2 is 1.98 bits per heavy atom. The average Bonchev–Trinajstić information content (AvgIpc) is 3.10. The number of unbranched alkanes of at least 4 members (excludes halogenated alkanes) is 1. The first kappa shape index (κ1) is 28.8. The smallest absolute Gasteiger partial charge is 0.332 e. The molecule has 3 aliphatic rings. The Balaban J connectivity index is 1.40. The first-order chi connectivity index (χ1) is 20.4. The Labute approximate surface area is 257 Å². The molecule has 1 amide bonds. The SMILES string of the molecule is [2H]C1([2H])C2C=C(C#CCCCOCC(=O)OC(C)(C)C)C=CC2C(=O)N1C1C(C)(C)C(Oc2ccc([N+]#[C-])c(Cl)c2)C1(C)C. The topological polar surface area (TPSA) is 69.4 Å². The molecular weight excluding hydrogens is 552 g/mol. The molecule has 0 aromatic heterocycles. The number of likely N-dealkylation sites (tertiary alicyclic amines) is 1. The molecule has 1 saturated carbocycles. The van der Waals surface area contributed by atoms with Crippen molar-refractivity contribution in [2.24, 2.45) is 22.7 Å². The highest BCUT2D eigenvalue weighted by molar-refractivity contribution is 6.33. The normalized spacial score (nSPS) is 27.3. The molecular formula is C34H41ClN2O5. The molecule has 7 nitrogen and oxygen atoms in total. The monoisotopic (exact) mass is 594 g/mol. The predicted octanol–water partition coefficient (Wildman–Crippen LogP) is 6.79. The molecule has 0 radical (unpaired) electrons. The van der Waals surface area contributed by atoms with Crippen LogP contribution in [0.2, 0.25) is 5.02 Å². The zero-order chi connectivity index (χ0) is 32.7. The van der Waals surface area contributed by atoms with E-state index in [1.807, 2.05) is 27.7 Å². The van der Waals surface area contributed by atoms with Gasteiger partial charge in [0.1, 0.15) is 24.1 Å². The fraction of sp³-hybridized carbons (Fsp3) is 0.559. The highest BCUT2D eigenvalue weighted by Gasteiger charge is 2.67. The van der Waals surface area contributed by atoms with Crippen molar-refractivity contribution in [2.45, 2.75) is 79.1 Å². The zero-order valence-electron chi connectivity index (χ0n) is 27.4. The van der Waals surface area contributed by atoms with Crippen molar-refractivity contribution in [3.8, 4) is 17.6 Å². The second kappa shape index (κ2) is 12.2. The Hall–Kier alpha value is -3.26. The van der Waals surface area contributed by atoms with Crippen LogP contribution in [0.3, 0.4) is 0 Å². The Bertz CT molecular complexity index is 1460. The number of esters is 1. The van der Waals surface area contributed by atoms with E-state index in [-0.39, 0.29) is 18.6 Å². The van der Waals surface area contributed by atoms with Gasteiger partial charge in [0.25, 0.3) is 0 Å². The van der Waals surface area contributed by atoms with E-state index in [9.17, 15) is 9.59 Å². The lowest BCUT2D eigenvalue weighted by atomic mass is 9.49. The summed E-state index contributed by atoms with van der Waals surface area (Å²) in [4.78, 5) is 30.3. The Morgan fingerprint density at radius 1 is 1.26 bits per heavy atom. The molecule has 224 valence electrons. The van der Waals surface area contributed by atoms with Gasteiger partial charge in [0.2, 0.25) is 11.6 Å². The predicted molar refractivity (Wildman–Crippen MR) is 163 cm³/mol. The fourth-order valence-electron chi connectivity index (χ4n) is 6.52. The summed E-state index contributed by atoms with van der Waals surface area (Å²) in [6.45, 7) is 18.9. The van der Waals surface area contributed by atoms with Gasteiger partial charge in [0.15, 0.2) is 0 Å². The minimum absolute atomic E-state index is 0.104. The van der Waals surface area contributed by atoms with Crippen LogP contribution in [0, 0.1) is 41.1 Å². The molecule has 2 atom stereocenters. The average molecular weight is 595 g/mol. The highest BCUT2D eigenvalue weighted by Crippen LogP contribution is 2.59. The summed E-state index contributed by atoms with van der Waals surface area (Å²) in [7, 11) is 0. The van der Waals surface area contributed by atoms with E-state index in [2.05, 4.69) is 16.7 Å². The number of hydrogen-bond acceptors (Lipinski definition) is 5. The van der Waals surface area contributed by atoms with Crippen LogP contribution >= 0.6 is 11.6 Å². The van der Waals surface area contributed by atoms with Gasteiger partial charge in [-0.3, -0.25) is 4.79 Å². The van der Waals surface area contributed by atoms with Crippen molar-refractivity contribution >= 4 is 29.2 Å². The molecule has 4 rings (SSSR count). The Morgan fingerprint density at radius 3 is 2.62 bits per heavy atom. The molecule has 1 saturated heterocycles. The van der Waals surface area contributed by atoms with E-state index in [0.29, 0.717) is 41.5 Å². The summed E-state index contributed by atoms with van der Waals surface area (Å²) >= 11 is 6.24. The lowest BCUT2D eigenvalue weighted by Gasteiger charge is -2.65. The number of amides is 1. The molecule has 2 aliphatic carbocycles. The molecule has 0 bridgehead atoms. The molecule has 1 aromatic rings. The minimum atomic E-state index is -1.93. The van der Waals surface area contributed by atoms with Crippen LogP contribution in [0.1, 0.15) is 64.0 Å².